The third kappa shape index (κ3) is 2.70. The Kier molecular flexibility index (Phi) is 4.32. The van der Waals surface area contributed by atoms with Gasteiger partial charge in [0.15, 0.2) is 17.3 Å². The van der Waals surface area contributed by atoms with E-state index >= 15 is 0 Å². The van der Waals surface area contributed by atoms with Gasteiger partial charge in [-0.25, -0.2) is 9.67 Å². The van der Waals surface area contributed by atoms with Crippen LogP contribution in [0, 0.1) is 6.92 Å². The van der Waals surface area contributed by atoms with E-state index in [0.29, 0.717) is 18.1 Å². The van der Waals surface area contributed by atoms with Crippen LogP contribution < -0.4 is 0 Å². The number of rotatable bonds is 6. The minimum Gasteiger partial charge on any atom is -0.394 e. The van der Waals surface area contributed by atoms with Crippen LogP contribution in [0.2, 0.25) is 0 Å². The molecule has 2 aromatic rings. The molecule has 0 aliphatic carbocycles. The van der Waals surface area contributed by atoms with Crippen LogP contribution in [0.25, 0.3) is 11.5 Å². The number of H-pyrrole nitrogens is 1. The number of nitrogens with one attached hydrogen (secondary N) is 1. The van der Waals surface area contributed by atoms with Crippen LogP contribution in [0.5, 0.6) is 0 Å². The second kappa shape index (κ2) is 5.96. The van der Waals surface area contributed by atoms with E-state index in [-0.39, 0.29) is 6.61 Å². The predicted octanol–water partition coefficient (Wildman–Crippen LogP) is 0.269. The number of aliphatic hydroxyl groups excluding tert-OH is 1. The Morgan fingerprint density at radius 2 is 2.22 bits per heavy atom. The van der Waals surface area contributed by atoms with Crippen molar-refractivity contribution in [2.45, 2.75) is 19.9 Å². The van der Waals surface area contributed by atoms with Crippen molar-refractivity contribution in [1.82, 2.24) is 30.2 Å². The maximum Gasteiger partial charge on any atom is 0.180 e. The summed E-state index contributed by atoms with van der Waals surface area (Å²) in [6.07, 6.45) is 2.86. The monoisotopic (exact) mass is 268 g/mol. The Morgan fingerprint density at radius 3 is 2.83 bits per heavy atom. The molecule has 98 valence electrons. The molecule has 0 unspecified atom stereocenters. The summed E-state index contributed by atoms with van der Waals surface area (Å²) in [6.45, 7) is 2.29. The smallest absolute Gasteiger partial charge is 0.180 e. The predicted molar refractivity (Wildman–Crippen MR) is 69.3 cm³/mol. The van der Waals surface area contributed by atoms with Crippen molar-refractivity contribution in [2.24, 2.45) is 0 Å². The van der Waals surface area contributed by atoms with Crippen molar-refractivity contribution >= 4 is 11.8 Å². The topological polar surface area (TPSA) is 92.5 Å². The standard InChI is InChI=1S/C10H16N6OS/c1-7-9(13-15-12-7)10-11-8(3-6-18-2)14-16(10)4-5-17/h17H,3-6H2,1-2H3,(H,12,13,15). The SMILES string of the molecule is CSCCc1nc(-c2n[nH]nc2C)n(CCO)n1. The molecular formula is C10H16N6OS. The van der Waals surface area contributed by atoms with E-state index < -0.39 is 0 Å². The largest absolute Gasteiger partial charge is 0.394 e. The van der Waals surface area contributed by atoms with Gasteiger partial charge in [-0.3, -0.25) is 0 Å². The van der Waals surface area contributed by atoms with Crippen molar-refractivity contribution in [3.63, 3.8) is 0 Å². The average molecular weight is 268 g/mol. The molecule has 0 aliphatic heterocycles. The zero-order chi connectivity index (χ0) is 13.0. The van der Waals surface area contributed by atoms with Gasteiger partial charge in [0.2, 0.25) is 0 Å². The Labute approximate surface area is 109 Å². The normalized spacial score (nSPS) is 11.1. The number of aromatic nitrogens is 6. The van der Waals surface area contributed by atoms with Crippen molar-refractivity contribution in [3.8, 4) is 11.5 Å². The molecule has 0 saturated heterocycles. The van der Waals surface area contributed by atoms with Crippen LogP contribution in [-0.2, 0) is 13.0 Å². The molecule has 0 aromatic carbocycles. The summed E-state index contributed by atoms with van der Waals surface area (Å²) in [4.78, 5) is 4.47. The van der Waals surface area contributed by atoms with E-state index in [0.717, 1.165) is 23.7 Å². The number of thioether (sulfide) groups is 1. The van der Waals surface area contributed by atoms with Gasteiger partial charge in [0.25, 0.3) is 0 Å². The van der Waals surface area contributed by atoms with Gasteiger partial charge in [0.1, 0.15) is 0 Å². The van der Waals surface area contributed by atoms with Crippen LogP contribution in [0.1, 0.15) is 11.5 Å². The molecule has 0 bridgehead atoms. The minimum absolute atomic E-state index is 0.0230. The molecule has 0 atom stereocenters. The second-order valence-electron chi connectivity index (χ2n) is 3.80. The van der Waals surface area contributed by atoms with Gasteiger partial charge in [-0.05, 0) is 13.2 Å². The van der Waals surface area contributed by atoms with E-state index in [9.17, 15) is 0 Å². The number of hydrogen-bond donors (Lipinski definition) is 2. The van der Waals surface area contributed by atoms with Gasteiger partial charge < -0.3 is 5.11 Å². The number of aliphatic hydroxyl groups is 1. The van der Waals surface area contributed by atoms with Gasteiger partial charge in [-0.2, -0.15) is 32.3 Å². The number of hydrogen-bond acceptors (Lipinski definition) is 6. The van der Waals surface area contributed by atoms with Crippen LogP contribution in [0.4, 0.5) is 0 Å². The molecule has 2 N–H and O–H groups in total. The molecule has 7 nitrogen and oxygen atoms in total. The zero-order valence-corrected chi connectivity index (χ0v) is 11.2. The summed E-state index contributed by atoms with van der Waals surface area (Å²) in [5, 5.41) is 24.1. The van der Waals surface area contributed by atoms with Crippen molar-refractivity contribution < 1.29 is 5.11 Å². The molecule has 0 fully saturated rings. The zero-order valence-electron chi connectivity index (χ0n) is 10.4. The molecule has 8 heteroatoms. The average Bonchev–Trinajstić information content (AvgIpc) is 2.93. The van der Waals surface area contributed by atoms with Gasteiger partial charge in [0.05, 0.1) is 18.8 Å². The van der Waals surface area contributed by atoms with Crippen LogP contribution in [0.15, 0.2) is 0 Å². The number of aryl methyl sites for hydroxylation is 2. The first kappa shape index (κ1) is 13.0. The lowest BCUT2D eigenvalue weighted by Gasteiger charge is -2.00. The van der Waals surface area contributed by atoms with Crippen LogP contribution >= 0.6 is 11.8 Å². The first-order valence-electron chi connectivity index (χ1n) is 5.67. The molecule has 18 heavy (non-hydrogen) atoms. The summed E-state index contributed by atoms with van der Waals surface area (Å²) < 4.78 is 1.68. The first-order valence-corrected chi connectivity index (χ1v) is 7.07. The maximum absolute atomic E-state index is 9.06. The lowest BCUT2D eigenvalue weighted by Crippen LogP contribution is -2.07. The van der Waals surface area contributed by atoms with E-state index in [1.807, 2.05) is 13.2 Å². The van der Waals surface area contributed by atoms with Gasteiger partial charge in [0, 0.05) is 12.2 Å². The Morgan fingerprint density at radius 1 is 1.39 bits per heavy atom. The van der Waals surface area contributed by atoms with Gasteiger partial charge in [-0.15, -0.1) is 0 Å². The fourth-order valence-electron chi connectivity index (χ4n) is 1.61. The molecule has 0 amide bonds. The lowest BCUT2D eigenvalue weighted by atomic mass is 10.3. The molecule has 2 heterocycles. The maximum atomic E-state index is 9.06. The highest BCUT2D eigenvalue weighted by Gasteiger charge is 2.16. The highest BCUT2D eigenvalue weighted by atomic mass is 32.2. The minimum atomic E-state index is 0.0230. The highest BCUT2D eigenvalue weighted by molar-refractivity contribution is 7.98. The molecule has 2 aromatic heterocycles. The molecule has 0 spiro atoms. The quantitative estimate of drug-likeness (QED) is 0.781. The summed E-state index contributed by atoms with van der Waals surface area (Å²) >= 11 is 1.75. The molecular weight excluding hydrogens is 252 g/mol. The van der Waals surface area contributed by atoms with Crippen molar-refractivity contribution in [2.75, 3.05) is 18.6 Å². The van der Waals surface area contributed by atoms with Gasteiger partial charge >= 0.3 is 0 Å². The van der Waals surface area contributed by atoms with Crippen molar-refractivity contribution in [3.05, 3.63) is 11.5 Å². The number of nitrogens with zero attached hydrogens (tertiary/aromatic N) is 5. The Bertz CT molecular complexity index is 508. The summed E-state index contributed by atoms with van der Waals surface area (Å²) in [5.41, 5.74) is 1.46. The third-order valence-corrected chi connectivity index (χ3v) is 3.10. The van der Waals surface area contributed by atoms with E-state index in [4.69, 9.17) is 5.11 Å². The molecule has 0 aliphatic rings. The Hall–Kier alpha value is -1.41. The fraction of sp³-hybridized carbons (Fsp3) is 0.600. The second-order valence-corrected chi connectivity index (χ2v) is 4.78. The third-order valence-electron chi connectivity index (χ3n) is 2.49. The van der Waals surface area contributed by atoms with Crippen LogP contribution in [0.3, 0.4) is 0 Å². The van der Waals surface area contributed by atoms with E-state index in [1.165, 1.54) is 0 Å². The number of aromatic amines is 1. The molecule has 0 radical (unpaired) electrons. The first-order chi connectivity index (χ1) is 8.76. The molecule has 0 saturated carbocycles. The molecule has 2 rings (SSSR count). The summed E-state index contributed by atoms with van der Waals surface area (Å²) in [7, 11) is 0. The van der Waals surface area contributed by atoms with E-state index in [2.05, 4.69) is 25.5 Å². The fourth-order valence-corrected chi connectivity index (χ4v) is 2.00. The van der Waals surface area contributed by atoms with Gasteiger partial charge in [-0.1, -0.05) is 0 Å². The Balaban J connectivity index is 2.32. The highest BCUT2D eigenvalue weighted by Crippen LogP contribution is 2.17. The lowest BCUT2D eigenvalue weighted by molar-refractivity contribution is 0.270. The van der Waals surface area contributed by atoms with E-state index in [1.54, 1.807) is 16.4 Å². The summed E-state index contributed by atoms with van der Waals surface area (Å²) in [6, 6.07) is 0. The summed E-state index contributed by atoms with van der Waals surface area (Å²) in [5.74, 6) is 2.40. The van der Waals surface area contributed by atoms with Crippen molar-refractivity contribution in [1.29, 1.82) is 0 Å². The van der Waals surface area contributed by atoms with Crippen LogP contribution in [-0.4, -0.2) is 53.9 Å².